The quantitative estimate of drug-likeness (QED) is 0.118. The Balaban J connectivity index is 0.000000193. The Bertz CT molecular complexity index is 3380. The molecule has 0 unspecified atom stereocenters. The Morgan fingerprint density at radius 1 is 0.766 bits per heavy atom. The standard InChI is InChI=1S/C35H22N3O.C22H32NSi.Ir/c1-22-18-20-28-27-14-9-15-29(33(27)39-35(28)36-22)34-37-30-16-7-8-17-31(30)38(34)32-25-13-6-5-12-24(25)19-21-26(32)23-10-3-2-4-11-23;1-16(2)12-18-14-20(23-15-21(18)24(6,7)8)17-10-9-11-19(13-17)22(3,4)5;/h2-14,16-21H,1H3;9,11,13-16H,12H2,1-8H3;/q2*-1;/i;12D2;. The summed E-state index contributed by atoms with van der Waals surface area (Å²) in [5.41, 5.74) is 12.2. The number of nitrogens with zero attached hydrogens (tertiary/aromatic N) is 4. The van der Waals surface area contributed by atoms with Crippen LogP contribution in [0, 0.1) is 25.0 Å². The molecule has 0 bridgehead atoms. The number of furan rings is 1. The number of imidazole rings is 1. The molecule has 0 aliphatic carbocycles. The summed E-state index contributed by atoms with van der Waals surface area (Å²) in [6.07, 6.45) is 0.531. The average molecular weight is 1030 g/mol. The Morgan fingerprint density at radius 3 is 2.27 bits per heavy atom. The fourth-order valence-electron chi connectivity index (χ4n) is 8.36. The zero-order valence-corrected chi connectivity index (χ0v) is 41.4. The number of hydrogen-bond acceptors (Lipinski definition) is 4. The minimum atomic E-state index is -1.71. The van der Waals surface area contributed by atoms with Crippen molar-refractivity contribution < 1.29 is 27.3 Å². The van der Waals surface area contributed by atoms with Crippen molar-refractivity contribution in [2.24, 2.45) is 5.92 Å². The second-order valence-electron chi connectivity index (χ2n) is 18.7. The van der Waals surface area contributed by atoms with Crippen LogP contribution in [0.2, 0.25) is 19.6 Å². The first-order valence-electron chi connectivity index (χ1n) is 22.8. The summed E-state index contributed by atoms with van der Waals surface area (Å²) in [7, 11) is -1.71. The van der Waals surface area contributed by atoms with Crippen LogP contribution in [0.1, 0.15) is 54.2 Å². The fourth-order valence-corrected chi connectivity index (χ4v) is 9.76. The van der Waals surface area contributed by atoms with Crippen LogP contribution in [-0.4, -0.2) is 27.6 Å². The van der Waals surface area contributed by atoms with Crippen LogP contribution >= 0.6 is 0 Å². The van der Waals surface area contributed by atoms with E-state index < -0.39 is 14.4 Å². The van der Waals surface area contributed by atoms with Crippen LogP contribution in [-0.2, 0) is 31.9 Å². The van der Waals surface area contributed by atoms with Crippen LogP contribution in [0.4, 0.5) is 0 Å². The fraction of sp³-hybridized carbons (Fsp3) is 0.211. The first kappa shape index (κ1) is 42.0. The third-order valence-corrected chi connectivity index (χ3v) is 13.5. The number of pyridine rings is 2. The molecule has 0 fully saturated rings. The van der Waals surface area contributed by atoms with Crippen LogP contribution in [0.15, 0.2) is 150 Å². The van der Waals surface area contributed by atoms with Gasteiger partial charge in [-0.2, -0.15) is 0 Å². The monoisotopic (exact) mass is 1030 g/mol. The average Bonchev–Trinajstić information content (AvgIpc) is 3.86. The number of hydrogen-bond donors (Lipinski definition) is 0. The largest absolute Gasteiger partial charge is 0.486 e. The van der Waals surface area contributed by atoms with Crippen LogP contribution in [0.3, 0.4) is 0 Å². The SMILES string of the molecule is Cc1ccc2c(n1)oc1c(-c3nc4ccccc4n3-c3c(-c4ccccc4)ccc4ccccc34)[c-]ccc12.[2H]C([2H])(c1cc(-c2[c-]ccc(C(C)(C)C)c2)ncc1[Si](C)(C)C)C(C)C.[Ir]. The smallest absolute Gasteiger partial charge is 0.216 e. The zero-order valence-electron chi connectivity index (χ0n) is 40.0. The van der Waals surface area contributed by atoms with E-state index in [9.17, 15) is 0 Å². The van der Waals surface area contributed by atoms with Crippen LogP contribution in [0.5, 0.6) is 0 Å². The Labute approximate surface area is 394 Å². The molecule has 0 amide bonds. The van der Waals surface area contributed by atoms with Crippen molar-refractivity contribution in [3.05, 3.63) is 175 Å². The topological polar surface area (TPSA) is 56.7 Å². The maximum atomic E-state index is 8.69. The molecule has 0 saturated heterocycles. The molecule has 0 spiro atoms. The summed E-state index contributed by atoms with van der Waals surface area (Å²) in [5.74, 6) is 0.684. The molecule has 0 N–H and O–H groups in total. The molecule has 64 heavy (non-hydrogen) atoms. The summed E-state index contributed by atoms with van der Waals surface area (Å²) in [6, 6.07) is 54.8. The number of fused-ring (bicyclic) bond motifs is 5. The van der Waals surface area contributed by atoms with Gasteiger partial charge >= 0.3 is 0 Å². The van der Waals surface area contributed by atoms with Crippen molar-refractivity contribution in [3.8, 4) is 39.5 Å². The Morgan fingerprint density at radius 2 is 1.50 bits per heavy atom. The van der Waals surface area contributed by atoms with Crippen molar-refractivity contribution in [3.63, 3.8) is 0 Å². The van der Waals surface area contributed by atoms with Crippen molar-refractivity contribution in [2.75, 3.05) is 0 Å². The van der Waals surface area contributed by atoms with Crippen molar-refractivity contribution in [1.82, 2.24) is 19.5 Å². The zero-order chi connectivity index (χ0) is 45.8. The van der Waals surface area contributed by atoms with Gasteiger partial charge in [0.25, 0.3) is 0 Å². The molecule has 1 radical (unpaired) electrons. The van der Waals surface area contributed by atoms with Gasteiger partial charge in [0, 0.05) is 51.1 Å². The molecule has 6 aromatic carbocycles. The third-order valence-electron chi connectivity index (χ3n) is 11.5. The molecule has 5 nitrogen and oxygen atoms in total. The predicted octanol–water partition coefficient (Wildman–Crippen LogP) is 14.5. The molecule has 0 atom stereocenters. The van der Waals surface area contributed by atoms with E-state index >= 15 is 0 Å². The minimum absolute atomic E-state index is 0. The van der Waals surface area contributed by atoms with E-state index in [1.807, 2.05) is 63.4 Å². The maximum absolute atomic E-state index is 8.69. The van der Waals surface area contributed by atoms with E-state index in [0.29, 0.717) is 5.71 Å². The van der Waals surface area contributed by atoms with Gasteiger partial charge in [0.05, 0.1) is 36.2 Å². The summed E-state index contributed by atoms with van der Waals surface area (Å²) >= 11 is 0. The molecule has 10 rings (SSSR count). The van der Waals surface area contributed by atoms with Gasteiger partial charge in [0.15, 0.2) is 0 Å². The van der Waals surface area contributed by atoms with Gasteiger partial charge in [-0.15, -0.1) is 53.6 Å². The summed E-state index contributed by atoms with van der Waals surface area (Å²) in [5, 5.41) is 5.42. The van der Waals surface area contributed by atoms with Gasteiger partial charge in [-0.1, -0.05) is 156 Å². The Kier molecular flexibility index (Phi) is 11.7. The van der Waals surface area contributed by atoms with Crippen molar-refractivity contribution in [1.29, 1.82) is 0 Å². The van der Waals surface area contributed by atoms with Crippen LogP contribution < -0.4 is 5.19 Å². The first-order chi connectivity index (χ1) is 31.0. The van der Waals surface area contributed by atoms with E-state index in [2.05, 4.69) is 165 Å². The van der Waals surface area contributed by atoms with E-state index in [-0.39, 0.29) is 31.4 Å². The normalized spacial score (nSPS) is 12.6. The van der Waals surface area contributed by atoms with Crippen LogP contribution in [0.25, 0.3) is 83.3 Å². The van der Waals surface area contributed by atoms with E-state index in [1.165, 1.54) is 10.9 Å². The summed E-state index contributed by atoms with van der Waals surface area (Å²) in [4.78, 5) is 14.6. The third kappa shape index (κ3) is 8.77. The molecule has 4 heterocycles. The van der Waals surface area contributed by atoms with Gasteiger partial charge in [-0.25, -0.2) is 4.98 Å². The molecular weight excluding hydrogens is 977 g/mol. The molecule has 323 valence electrons. The van der Waals surface area contributed by atoms with Gasteiger partial charge in [0.2, 0.25) is 5.71 Å². The maximum Gasteiger partial charge on any atom is 0.216 e. The molecule has 7 heteroatoms. The van der Waals surface area contributed by atoms with Crippen molar-refractivity contribution >= 4 is 57.1 Å². The van der Waals surface area contributed by atoms with Gasteiger partial charge in [0.1, 0.15) is 0 Å². The molecule has 10 aromatic rings. The number of benzene rings is 6. The van der Waals surface area contributed by atoms with E-state index in [1.54, 1.807) is 0 Å². The van der Waals surface area contributed by atoms with Crippen molar-refractivity contribution in [2.45, 2.75) is 73.0 Å². The summed E-state index contributed by atoms with van der Waals surface area (Å²) in [6.45, 7) is 19.2. The minimum Gasteiger partial charge on any atom is -0.486 e. The number of rotatable bonds is 7. The van der Waals surface area contributed by atoms with Gasteiger partial charge < -0.3 is 14.0 Å². The second-order valence-corrected chi connectivity index (χ2v) is 23.8. The first-order valence-corrected chi connectivity index (χ1v) is 25.3. The molecular formula is C57H54IrN4OSi-2. The van der Waals surface area contributed by atoms with Gasteiger partial charge in [-0.05, 0) is 70.7 Å². The Hall–Kier alpha value is -5.98. The molecule has 0 aliphatic heterocycles. The molecule has 0 aliphatic rings. The second kappa shape index (κ2) is 17.9. The summed E-state index contributed by atoms with van der Waals surface area (Å²) < 4.78 is 26.1. The molecule has 0 saturated carbocycles. The number of aryl methyl sites for hydroxylation is 1. The predicted molar refractivity (Wildman–Crippen MR) is 267 cm³/mol. The number of para-hydroxylation sites is 2. The van der Waals surface area contributed by atoms with E-state index in [0.717, 1.165) is 88.7 Å². The molecule has 4 aromatic heterocycles. The number of aromatic nitrogens is 4. The van der Waals surface area contributed by atoms with E-state index in [4.69, 9.17) is 17.1 Å². The van der Waals surface area contributed by atoms with Gasteiger partial charge in [-0.3, -0.25) is 4.98 Å².